The molecule has 0 bridgehead atoms. The van der Waals surface area contributed by atoms with E-state index in [1.54, 1.807) is 0 Å². The fourth-order valence-corrected chi connectivity index (χ4v) is 3.65. The quantitative estimate of drug-likeness (QED) is 0.731. The Balaban J connectivity index is 1.45. The third-order valence-corrected chi connectivity index (χ3v) is 4.96. The molecule has 1 saturated heterocycles. The first kappa shape index (κ1) is 17.5. The van der Waals surface area contributed by atoms with Gasteiger partial charge in [-0.05, 0) is 50.2 Å². The van der Waals surface area contributed by atoms with Gasteiger partial charge in [0.1, 0.15) is 18.0 Å². The van der Waals surface area contributed by atoms with Crippen LogP contribution < -0.4 is 10.1 Å². The highest BCUT2D eigenvalue weighted by atomic mass is 16.5. The summed E-state index contributed by atoms with van der Waals surface area (Å²) in [6.07, 6.45) is 6.03. The molecule has 1 aliphatic rings. The van der Waals surface area contributed by atoms with Gasteiger partial charge in [-0.2, -0.15) is 0 Å². The van der Waals surface area contributed by atoms with Gasteiger partial charge in [0.15, 0.2) is 0 Å². The largest absolute Gasteiger partial charge is 0.487 e. The van der Waals surface area contributed by atoms with E-state index in [1.807, 2.05) is 71.2 Å². The number of fused-ring (bicyclic) bond motifs is 1. The van der Waals surface area contributed by atoms with Crippen LogP contribution in [0.5, 0.6) is 5.75 Å². The minimum absolute atomic E-state index is 0.0749. The van der Waals surface area contributed by atoms with Gasteiger partial charge >= 0.3 is 0 Å². The van der Waals surface area contributed by atoms with E-state index in [9.17, 15) is 4.79 Å². The lowest BCUT2D eigenvalue weighted by Gasteiger charge is -2.24. The average Bonchev–Trinajstić information content (AvgIpc) is 3.33. The van der Waals surface area contributed by atoms with E-state index in [0.717, 1.165) is 37.3 Å². The molecule has 2 aromatic heterocycles. The number of carbonyl (C=O) groups excluding carboxylic acids is 1. The lowest BCUT2D eigenvalue weighted by molar-refractivity contribution is 0.0736. The number of amides is 1. The van der Waals surface area contributed by atoms with Crippen molar-refractivity contribution in [1.29, 1.82) is 0 Å². The zero-order valence-corrected chi connectivity index (χ0v) is 15.5. The van der Waals surface area contributed by atoms with E-state index < -0.39 is 0 Å². The summed E-state index contributed by atoms with van der Waals surface area (Å²) in [5, 5.41) is 3.18. The fourth-order valence-electron chi connectivity index (χ4n) is 3.65. The zero-order valence-electron chi connectivity index (χ0n) is 15.5. The van der Waals surface area contributed by atoms with E-state index in [2.05, 4.69) is 10.3 Å². The van der Waals surface area contributed by atoms with Gasteiger partial charge in [0.25, 0.3) is 5.91 Å². The molecule has 140 valence electrons. The van der Waals surface area contributed by atoms with Crippen LogP contribution in [-0.4, -0.2) is 46.4 Å². The van der Waals surface area contributed by atoms with Crippen molar-refractivity contribution in [2.24, 2.45) is 0 Å². The second kappa shape index (κ2) is 7.80. The van der Waals surface area contributed by atoms with E-state index >= 15 is 0 Å². The zero-order chi connectivity index (χ0) is 18.6. The second-order valence-corrected chi connectivity index (χ2v) is 6.87. The second-order valence-electron chi connectivity index (χ2n) is 6.87. The smallest absolute Gasteiger partial charge is 0.254 e. The highest BCUT2D eigenvalue weighted by Crippen LogP contribution is 2.22. The predicted molar refractivity (Wildman–Crippen MR) is 104 cm³/mol. The van der Waals surface area contributed by atoms with Crippen LogP contribution in [-0.2, 0) is 6.61 Å². The molecule has 1 aromatic carbocycles. The number of nitrogens with zero attached hydrogens (tertiary/aromatic N) is 3. The Kier molecular flexibility index (Phi) is 5.07. The standard InChI is InChI=1S/C21H24N4O2/c1-22-13-18-7-5-11-25(18)21(26)16-6-4-8-19(12-16)27-15-17-14-24-10-3-2-9-20(24)23-17/h2-4,6,8-10,12,14,18,22H,5,7,11,13,15H2,1H3/t18-/m1/s1. The van der Waals surface area contributed by atoms with E-state index in [0.29, 0.717) is 17.9 Å². The molecule has 1 atom stereocenters. The number of aromatic nitrogens is 2. The first-order valence-electron chi connectivity index (χ1n) is 9.35. The molecular formula is C21H24N4O2. The van der Waals surface area contributed by atoms with Gasteiger partial charge < -0.3 is 19.4 Å². The van der Waals surface area contributed by atoms with Crippen molar-refractivity contribution in [2.45, 2.75) is 25.5 Å². The minimum atomic E-state index is 0.0749. The average molecular weight is 364 g/mol. The first-order valence-corrected chi connectivity index (χ1v) is 9.35. The highest BCUT2D eigenvalue weighted by molar-refractivity contribution is 5.95. The summed E-state index contributed by atoms with van der Waals surface area (Å²) in [5.74, 6) is 0.758. The molecule has 1 N–H and O–H groups in total. The van der Waals surface area contributed by atoms with Crippen molar-refractivity contribution < 1.29 is 9.53 Å². The van der Waals surface area contributed by atoms with Crippen LogP contribution in [0, 0.1) is 0 Å². The van der Waals surface area contributed by atoms with Crippen molar-refractivity contribution in [3.8, 4) is 5.75 Å². The number of likely N-dealkylation sites (tertiary alicyclic amines) is 1. The van der Waals surface area contributed by atoms with Gasteiger partial charge in [0.2, 0.25) is 0 Å². The molecule has 1 fully saturated rings. The number of pyridine rings is 1. The van der Waals surface area contributed by atoms with Gasteiger partial charge in [-0.1, -0.05) is 12.1 Å². The number of rotatable bonds is 6. The third kappa shape index (κ3) is 3.80. The molecule has 3 aromatic rings. The summed E-state index contributed by atoms with van der Waals surface area (Å²) in [6, 6.07) is 13.6. The molecule has 0 unspecified atom stereocenters. The maximum atomic E-state index is 12.9. The molecule has 6 heteroatoms. The molecule has 27 heavy (non-hydrogen) atoms. The summed E-state index contributed by atoms with van der Waals surface area (Å²) in [4.78, 5) is 19.4. The number of carbonyl (C=O) groups is 1. The number of hydrogen-bond acceptors (Lipinski definition) is 4. The molecule has 0 radical (unpaired) electrons. The van der Waals surface area contributed by atoms with Crippen LogP contribution in [0.2, 0.25) is 0 Å². The summed E-state index contributed by atoms with van der Waals surface area (Å²) in [5.41, 5.74) is 2.42. The van der Waals surface area contributed by atoms with Gasteiger partial charge in [-0.3, -0.25) is 4.79 Å². The Morgan fingerprint density at radius 3 is 3.07 bits per heavy atom. The molecule has 4 rings (SSSR count). The van der Waals surface area contributed by atoms with E-state index in [4.69, 9.17) is 4.74 Å². The molecule has 6 nitrogen and oxygen atoms in total. The van der Waals surface area contributed by atoms with Crippen LogP contribution >= 0.6 is 0 Å². The Hall–Kier alpha value is -2.86. The molecule has 1 amide bonds. The fraction of sp³-hybridized carbons (Fsp3) is 0.333. The van der Waals surface area contributed by atoms with Gasteiger partial charge in [-0.25, -0.2) is 4.98 Å². The Bertz CT molecular complexity index is 904. The molecular weight excluding hydrogens is 340 g/mol. The van der Waals surface area contributed by atoms with Crippen LogP contribution in [0.4, 0.5) is 0 Å². The molecule has 3 heterocycles. The predicted octanol–water partition coefficient (Wildman–Crippen LogP) is 2.74. The lowest BCUT2D eigenvalue weighted by atomic mass is 10.1. The summed E-state index contributed by atoms with van der Waals surface area (Å²) >= 11 is 0. The van der Waals surface area contributed by atoms with Crippen molar-refractivity contribution in [2.75, 3.05) is 20.1 Å². The summed E-state index contributed by atoms with van der Waals surface area (Å²) in [7, 11) is 1.93. The minimum Gasteiger partial charge on any atom is -0.487 e. The number of likely N-dealkylation sites (N-methyl/N-ethyl adjacent to an activating group) is 1. The van der Waals surface area contributed by atoms with Gasteiger partial charge in [0.05, 0.1) is 5.69 Å². The summed E-state index contributed by atoms with van der Waals surface area (Å²) in [6.45, 7) is 2.01. The topological polar surface area (TPSA) is 58.9 Å². The number of imidazole rings is 1. The van der Waals surface area contributed by atoms with Crippen LogP contribution in [0.3, 0.4) is 0 Å². The third-order valence-electron chi connectivity index (χ3n) is 4.96. The Morgan fingerprint density at radius 1 is 1.30 bits per heavy atom. The maximum absolute atomic E-state index is 12.9. The van der Waals surface area contributed by atoms with Gasteiger partial charge in [-0.15, -0.1) is 0 Å². The number of ether oxygens (including phenoxy) is 1. The molecule has 0 spiro atoms. The normalized spacial score (nSPS) is 16.8. The van der Waals surface area contributed by atoms with Crippen LogP contribution in [0.1, 0.15) is 28.9 Å². The van der Waals surface area contributed by atoms with Crippen molar-refractivity contribution in [3.63, 3.8) is 0 Å². The highest BCUT2D eigenvalue weighted by Gasteiger charge is 2.28. The molecule has 0 saturated carbocycles. The SMILES string of the molecule is CNC[C@H]1CCCN1C(=O)c1cccc(OCc2cn3ccccc3n2)c1. The summed E-state index contributed by atoms with van der Waals surface area (Å²) < 4.78 is 7.86. The van der Waals surface area contributed by atoms with E-state index in [-0.39, 0.29) is 11.9 Å². The first-order chi connectivity index (χ1) is 13.2. The Labute approximate surface area is 158 Å². The molecule has 0 aliphatic carbocycles. The van der Waals surface area contributed by atoms with Crippen molar-refractivity contribution >= 4 is 11.6 Å². The number of benzene rings is 1. The molecule has 1 aliphatic heterocycles. The van der Waals surface area contributed by atoms with Crippen molar-refractivity contribution in [3.05, 3.63) is 66.1 Å². The monoisotopic (exact) mass is 364 g/mol. The van der Waals surface area contributed by atoms with E-state index in [1.165, 1.54) is 0 Å². The lowest BCUT2D eigenvalue weighted by Crippen LogP contribution is -2.40. The van der Waals surface area contributed by atoms with Crippen molar-refractivity contribution in [1.82, 2.24) is 19.6 Å². The Morgan fingerprint density at radius 2 is 2.22 bits per heavy atom. The van der Waals surface area contributed by atoms with Gasteiger partial charge in [0, 0.05) is 37.1 Å². The van der Waals surface area contributed by atoms with Crippen LogP contribution in [0.25, 0.3) is 5.65 Å². The number of nitrogens with one attached hydrogen (secondary N) is 1. The number of hydrogen-bond donors (Lipinski definition) is 1. The maximum Gasteiger partial charge on any atom is 0.254 e. The van der Waals surface area contributed by atoms with Crippen LogP contribution in [0.15, 0.2) is 54.9 Å².